The quantitative estimate of drug-likeness (QED) is 0.0421. The summed E-state index contributed by atoms with van der Waals surface area (Å²) in [5.41, 5.74) is 0. The molecule has 1 nitrogen and oxygen atoms in total. The summed E-state index contributed by atoms with van der Waals surface area (Å²) >= 11 is 0. The summed E-state index contributed by atoms with van der Waals surface area (Å²) in [5.74, 6) is 0. The van der Waals surface area contributed by atoms with Gasteiger partial charge in [0.15, 0.2) is 0 Å². The lowest BCUT2D eigenvalue weighted by Gasteiger charge is -2.45. The van der Waals surface area contributed by atoms with Crippen molar-refractivity contribution >= 4 is 0 Å². The molecule has 0 aromatic rings. The average molecular weight is 1220 g/mol. The Labute approximate surface area is 556 Å². The highest BCUT2D eigenvalue weighted by atomic mass is 15.4. The monoisotopic (exact) mass is 1220 g/mol. The van der Waals surface area contributed by atoms with Crippen molar-refractivity contribution in [3.05, 3.63) is 0 Å². The number of quaternary nitrogens is 1. The van der Waals surface area contributed by atoms with Gasteiger partial charge in [0, 0.05) is 0 Å². The lowest BCUT2D eigenvalue weighted by Crippen LogP contribution is -2.55. The molecule has 0 fully saturated rings. The largest absolute Gasteiger partial charge is 0.324 e. The average Bonchev–Trinajstić information content (AvgIpc) is 3.43. The van der Waals surface area contributed by atoms with E-state index in [1.54, 1.807) is 0 Å². The smallest absolute Gasteiger partial charge is 0.0888 e. The van der Waals surface area contributed by atoms with E-state index in [9.17, 15) is 0 Å². The van der Waals surface area contributed by atoms with E-state index in [-0.39, 0.29) is 0 Å². The Morgan fingerprint density at radius 1 is 0.126 bits per heavy atom. The summed E-state index contributed by atoms with van der Waals surface area (Å²) in [6, 6.07) is 1.72. The molecule has 0 aromatic carbocycles. The molecular formula is C86H176N+. The highest BCUT2D eigenvalue weighted by molar-refractivity contribution is 4.69. The van der Waals surface area contributed by atoms with Gasteiger partial charge in [-0.2, -0.15) is 0 Å². The Morgan fingerprint density at radius 3 is 0.299 bits per heavy atom. The van der Waals surface area contributed by atoms with Crippen LogP contribution in [0.2, 0.25) is 0 Å². The maximum Gasteiger partial charge on any atom is 0.0888 e. The molecule has 0 aliphatic heterocycles. The van der Waals surface area contributed by atoms with Crippen LogP contribution in [0.15, 0.2) is 0 Å². The highest BCUT2D eigenvalue weighted by Crippen LogP contribution is 2.31. The van der Waals surface area contributed by atoms with Crippen LogP contribution in [0.25, 0.3) is 0 Å². The summed E-state index contributed by atoms with van der Waals surface area (Å²) in [5, 5.41) is 0. The van der Waals surface area contributed by atoms with E-state index in [2.05, 4.69) is 41.8 Å². The molecule has 0 saturated heterocycles. The molecule has 2 unspecified atom stereocenters. The Hall–Kier alpha value is -0.0400. The molecule has 1 heteroatoms. The number of hydrogen-bond donors (Lipinski definition) is 0. The van der Waals surface area contributed by atoms with Gasteiger partial charge < -0.3 is 4.48 Å². The van der Waals surface area contributed by atoms with Crippen LogP contribution < -0.4 is 0 Å². The van der Waals surface area contributed by atoms with E-state index >= 15 is 0 Å². The standard InChI is InChI=1S/C86H176N/c1-7-11-15-19-23-27-31-35-39-43-47-51-55-59-63-67-71-75-79-83-85(81-77-73-69-65-61-57-53-49-45-41-37-33-29-25-21-17-13-9-3)87(5,6)86(82-78-74-70-66-62-58-54-50-46-42-38-34-30-26-22-18-14-10-4)84-80-76-72-68-64-60-56-52-48-44-40-36-32-28-24-20-16-12-8-2/h85-86H,7-84H2,1-6H3/q+1. The second-order valence-corrected chi connectivity index (χ2v) is 30.8. The van der Waals surface area contributed by atoms with E-state index in [1.165, 1.54) is 505 Å². The molecule has 87 heavy (non-hydrogen) atoms. The van der Waals surface area contributed by atoms with Gasteiger partial charge in [-0.1, -0.05) is 477 Å². The third kappa shape index (κ3) is 68.6. The van der Waals surface area contributed by atoms with Gasteiger partial charge in [-0.05, 0) is 51.4 Å². The topological polar surface area (TPSA) is 0 Å². The Morgan fingerprint density at radius 2 is 0.207 bits per heavy atom. The molecule has 0 saturated carbocycles. The van der Waals surface area contributed by atoms with E-state index in [1.807, 2.05) is 0 Å². The second kappa shape index (κ2) is 76.7. The van der Waals surface area contributed by atoms with Crippen LogP contribution >= 0.6 is 0 Å². The van der Waals surface area contributed by atoms with Gasteiger partial charge in [-0.3, -0.25) is 0 Å². The first-order valence-electron chi connectivity index (χ1n) is 42.9. The number of nitrogens with zero attached hydrogens (tertiary/aromatic N) is 1. The van der Waals surface area contributed by atoms with Gasteiger partial charge in [0.2, 0.25) is 0 Å². The fourth-order valence-corrected chi connectivity index (χ4v) is 15.4. The first-order chi connectivity index (χ1) is 43.0. The van der Waals surface area contributed by atoms with Crippen LogP contribution in [0.4, 0.5) is 0 Å². The third-order valence-corrected chi connectivity index (χ3v) is 21.9. The van der Waals surface area contributed by atoms with Gasteiger partial charge >= 0.3 is 0 Å². The van der Waals surface area contributed by atoms with Crippen molar-refractivity contribution in [1.29, 1.82) is 0 Å². The number of hydrogen-bond acceptors (Lipinski definition) is 0. The Balaban J connectivity index is 5.12. The molecule has 0 rings (SSSR count). The zero-order valence-electron chi connectivity index (χ0n) is 62.8. The van der Waals surface area contributed by atoms with Crippen molar-refractivity contribution in [2.45, 2.75) is 541 Å². The zero-order valence-corrected chi connectivity index (χ0v) is 62.8. The van der Waals surface area contributed by atoms with E-state index in [4.69, 9.17) is 0 Å². The molecule has 0 heterocycles. The van der Waals surface area contributed by atoms with Gasteiger partial charge in [0.05, 0.1) is 26.2 Å². The van der Waals surface area contributed by atoms with Crippen molar-refractivity contribution in [3.63, 3.8) is 0 Å². The molecule has 524 valence electrons. The van der Waals surface area contributed by atoms with Crippen molar-refractivity contribution in [1.82, 2.24) is 0 Å². The number of rotatable bonds is 80. The van der Waals surface area contributed by atoms with Crippen molar-refractivity contribution in [2.75, 3.05) is 14.1 Å². The van der Waals surface area contributed by atoms with Gasteiger partial charge in [-0.25, -0.2) is 0 Å². The first kappa shape index (κ1) is 87.0. The molecule has 0 amide bonds. The number of unbranched alkanes of at least 4 members (excludes halogenated alkanes) is 70. The predicted octanol–water partition coefficient (Wildman–Crippen LogP) is 32.3. The maximum atomic E-state index is 2.75. The van der Waals surface area contributed by atoms with Crippen LogP contribution in [0, 0.1) is 0 Å². The summed E-state index contributed by atoms with van der Waals surface area (Å²) in [6.07, 6.45) is 115. The van der Waals surface area contributed by atoms with Crippen LogP contribution in [-0.2, 0) is 0 Å². The van der Waals surface area contributed by atoms with Crippen molar-refractivity contribution in [2.24, 2.45) is 0 Å². The van der Waals surface area contributed by atoms with Gasteiger partial charge in [0.25, 0.3) is 0 Å². The SMILES string of the molecule is CCCCCCCCCCCCCCCCCCCCCC(CCCCCCCCCCCCCCCCCCCC)[N+](C)(C)C(CCCCCCCCCCCCCCCCCCCC)CCCCCCCCCCCCCCCCCCCCC. The zero-order chi connectivity index (χ0) is 62.8. The van der Waals surface area contributed by atoms with E-state index < -0.39 is 0 Å². The minimum atomic E-state index is 0.859. The summed E-state index contributed by atoms with van der Waals surface area (Å²) in [7, 11) is 5.51. The summed E-state index contributed by atoms with van der Waals surface area (Å²) in [4.78, 5) is 0. The fraction of sp³-hybridized carbons (Fsp3) is 1.00. The molecule has 0 aliphatic carbocycles. The van der Waals surface area contributed by atoms with Crippen LogP contribution in [0.1, 0.15) is 529 Å². The molecule has 2 atom stereocenters. The molecule has 0 spiro atoms. The van der Waals surface area contributed by atoms with Gasteiger partial charge in [0.1, 0.15) is 0 Å². The van der Waals surface area contributed by atoms with Crippen LogP contribution in [0.5, 0.6) is 0 Å². The minimum Gasteiger partial charge on any atom is -0.324 e. The Kier molecular flexibility index (Phi) is 76.6. The lowest BCUT2D eigenvalue weighted by molar-refractivity contribution is -0.940. The van der Waals surface area contributed by atoms with E-state index in [0.29, 0.717) is 0 Å². The fourth-order valence-electron chi connectivity index (χ4n) is 15.4. The van der Waals surface area contributed by atoms with Crippen LogP contribution in [-0.4, -0.2) is 30.7 Å². The van der Waals surface area contributed by atoms with Gasteiger partial charge in [-0.15, -0.1) is 0 Å². The predicted molar refractivity (Wildman–Crippen MR) is 403 cm³/mol. The van der Waals surface area contributed by atoms with Crippen molar-refractivity contribution < 1.29 is 4.48 Å². The maximum absolute atomic E-state index is 2.75. The molecule has 0 bridgehead atoms. The lowest BCUT2D eigenvalue weighted by atomic mass is 9.91. The summed E-state index contributed by atoms with van der Waals surface area (Å²) in [6.45, 7) is 9.33. The molecule has 0 aromatic heterocycles. The molecule has 0 N–H and O–H groups in total. The molecular weight excluding hydrogens is 1050 g/mol. The molecule has 0 radical (unpaired) electrons. The first-order valence-corrected chi connectivity index (χ1v) is 42.9. The van der Waals surface area contributed by atoms with Crippen LogP contribution in [0.3, 0.4) is 0 Å². The second-order valence-electron chi connectivity index (χ2n) is 30.8. The summed E-state index contributed by atoms with van der Waals surface area (Å²) < 4.78 is 1.33. The van der Waals surface area contributed by atoms with E-state index in [0.717, 1.165) is 12.1 Å². The minimum absolute atomic E-state index is 0.859. The highest BCUT2D eigenvalue weighted by Gasteiger charge is 2.35. The van der Waals surface area contributed by atoms with Crippen molar-refractivity contribution in [3.8, 4) is 0 Å². The Bertz CT molecular complexity index is 1080. The molecule has 0 aliphatic rings. The third-order valence-electron chi connectivity index (χ3n) is 21.9. The normalized spacial score (nSPS) is 12.8.